The average molecular weight is 715 g/mol. The van der Waals surface area contributed by atoms with Gasteiger partial charge >= 0.3 is 5.97 Å². The van der Waals surface area contributed by atoms with Gasteiger partial charge in [0.05, 0.1) is 40.6 Å². The first-order chi connectivity index (χ1) is 20.3. The number of hydrogen-bond acceptors (Lipinski definition) is 7. The summed E-state index contributed by atoms with van der Waals surface area (Å²) in [6.45, 7) is 4.55. The van der Waals surface area contributed by atoms with Crippen molar-refractivity contribution in [1.82, 2.24) is 4.57 Å². The molecule has 2 heterocycles. The van der Waals surface area contributed by atoms with Crippen LogP contribution in [0, 0.1) is 3.57 Å². The fraction of sp³-hybridized carbons (Fsp3) is 0.219. The molecule has 10 heteroatoms. The number of carbonyl (C=O) groups is 1. The van der Waals surface area contributed by atoms with Gasteiger partial charge in [0.15, 0.2) is 16.3 Å². The van der Waals surface area contributed by atoms with Gasteiger partial charge in [-0.15, -0.1) is 0 Å². The maximum absolute atomic E-state index is 13.9. The van der Waals surface area contributed by atoms with E-state index in [9.17, 15) is 9.59 Å². The molecule has 3 aromatic carbocycles. The lowest BCUT2D eigenvalue weighted by Crippen LogP contribution is -2.40. The number of halogens is 2. The number of rotatable bonds is 9. The van der Waals surface area contributed by atoms with Gasteiger partial charge in [-0.1, -0.05) is 72.3 Å². The Kier molecular flexibility index (Phi) is 9.50. The van der Waals surface area contributed by atoms with Crippen molar-refractivity contribution in [2.45, 2.75) is 32.9 Å². The second-order valence-electron chi connectivity index (χ2n) is 9.38. The molecule has 1 atom stereocenters. The number of benzene rings is 3. The lowest BCUT2D eigenvalue weighted by Gasteiger charge is -2.25. The maximum Gasteiger partial charge on any atom is 0.338 e. The van der Waals surface area contributed by atoms with E-state index in [4.69, 9.17) is 30.8 Å². The van der Waals surface area contributed by atoms with Crippen LogP contribution in [0.25, 0.3) is 6.08 Å². The van der Waals surface area contributed by atoms with Crippen LogP contribution < -0.4 is 24.4 Å². The number of allylic oxidation sites excluding steroid dienone is 1. The Bertz CT molecular complexity index is 1830. The molecule has 0 spiro atoms. The summed E-state index contributed by atoms with van der Waals surface area (Å²) in [4.78, 5) is 32.1. The quantitative estimate of drug-likeness (QED) is 0.156. The van der Waals surface area contributed by atoms with Gasteiger partial charge in [-0.3, -0.25) is 9.36 Å². The molecule has 216 valence electrons. The molecule has 7 nitrogen and oxygen atoms in total. The fourth-order valence-electron chi connectivity index (χ4n) is 4.78. The molecule has 4 aromatic rings. The van der Waals surface area contributed by atoms with Gasteiger partial charge in [0.1, 0.15) is 6.61 Å². The van der Waals surface area contributed by atoms with Crippen molar-refractivity contribution < 1.29 is 19.0 Å². The van der Waals surface area contributed by atoms with E-state index in [1.807, 2.05) is 74.5 Å². The van der Waals surface area contributed by atoms with E-state index in [-0.39, 0.29) is 5.56 Å². The largest absolute Gasteiger partial charge is 0.490 e. The van der Waals surface area contributed by atoms with Crippen LogP contribution in [-0.2, 0) is 16.1 Å². The first-order valence-electron chi connectivity index (χ1n) is 13.4. The Balaban J connectivity index is 1.59. The first-order valence-corrected chi connectivity index (χ1v) is 15.6. The molecule has 1 aromatic heterocycles. The molecule has 0 saturated heterocycles. The summed E-state index contributed by atoms with van der Waals surface area (Å²) in [5, 5.41) is 0.369. The molecule has 0 N–H and O–H groups in total. The van der Waals surface area contributed by atoms with Crippen LogP contribution in [0.5, 0.6) is 11.5 Å². The van der Waals surface area contributed by atoms with Crippen LogP contribution in [0.3, 0.4) is 0 Å². The van der Waals surface area contributed by atoms with Gasteiger partial charge in [0.2, 0.25) is 0 Å². The van der Waals surface area contributed by atoms with E-state index in [0.717, 1.165) is 14.7 Å². The Labute approximate surface area is 265 Å². The number of fused-ring (bicyclic) bond motifs is 1. The molecule has 0 radical (unpaired) electrons. The predicted molar refractivity (Wildman–Crippen MR) is 173 cm³/mol. The number of methoxy groups -OCH3 is 1. The van der Waals surface area contributed by atoms with Crippen molar-refractivity contribution in [2.24, 2.45) is 4.99 Å². The Morgan fingerprint density at radius 2 is 1.83 bits per heavy atom. The smallest absolute Gasteiger partial charge is 0.338 e. The minimum atomic E-state index is -0.661. The summed E-state index contributed by atoms with van der Waals surface area (Å²) < 4.78 is 20.2. The molecule has 0 bridgehead atoms. The Hall–Kier alpha value is -3.41. The zero-order chi connectivity index (χ0) is 29.8. The molecule has 0 fully saturated rings. The summed E-state index contributed by atoms with van der Waals surface area (Å²) in [5.74, 6) is 0.417. The molecule has 1 aliphatic heterocycles. The van der Waals surface area contributed by atoms with E-state index in [0.29, 0.717) is 62.3 Å². The second-order valence-corrected chi connectivity index (χ2v) is 12.0. The van der Waals surface area contributed by atoms with E-state index in [1.165, 1.54) is 18.4 Å². The third kappa shape index (κ3) is 6.18. The van der Waals surface area contributed by atoms with E-state index < -0.39 is 12.0 Å². The van der Waals surface area contributed by atoms with Crippen molar-refractivity contribution in [3.63, 3.8) is 0 Å². The summed E-state index contributed by atoms with van der Waals surface area (Å²) in [6.07, 6.45) is 2.27. The number of carbonyl (C=O) groups excluding carboxylic acids is 1. The predicted octanol–water partition coefficient (Wildman–Crippen LogP) is 6.03. The molecule has 0 unspecified atom stereocenters. The third-order valence-corrected chi connectivity index (χ3v) is 8.67. The minimum Gasteiger partial charge on any atom is -0.490 e. The fourth-order valence-corrected chi connectivity index (χ4v) is 6.43. The summed E-state index contributed by atoms with van der Waals surface area (Å²) in [5.41, 5.74) is 3.17. The number of esters is 1. The zero-order valence-corrected chi connectivity index (χ0v) is 27.0. The number of hydrogen-bond donors (Lipinski definition) is 0. The summed E-state index contributed by atoms with van der Waals surface area (Å²) in [6, 6.07) is 20.4. The van der Waals surface area contributed by atoms with Gasteiger partial charge in [0, 0.05) is 3.57 Å². The molecular formula is C32H28ClIN2O5S. The molecule has 0 amide bonds. The highest BCUT2D eigenvalue weighted by atomic mass is 127. The molecule has 0 saturated carbocycles. The molecule has 1 aliphatic rings. The van der Waals surface area contributed by atoms with E-state index >= 15 is 0 Å². The second kappa shape index (κ2) is 13.3. The van der Waals surface area contributed by atoms with Crippen LogP contribution in [0.4, 0.5) is 0 Å². The van der Waals surface area contributed by atoms with Crippen LogP contribution in [-0.4, -0.2) is 24.3 Å². The third-order valence-electron chi connectivity index (χ3n) is 6.69. The van der Waals surface area contributed by atoms with Gasteiger partial charge in [-0.05, 0) is 83.0 Å². The number of nitrogens with zero attached hydrogens (tertiary/aromatic N) is 2. The Morgan fingerprint density at radius 1 is 1.10 bits per heavy atom. The van der Waals surface area contributed by atoms with Crippen LogP contribution >= 0.6 is 45.5 Å². The molecule has 0 aliphatic carbocycles. The normalized spacial score (nSPS) is 14.8. The van der Waals surface area contributed by atoms with Crippen LogP contribution in [0.15, 0.2) is 87.8 Å². The van der Waals surface area contributed by atoms with Crippen molar-refractivity contribution in [3.05, 3.63) is 123 Å². The minimum absolute atomic E-state index is 0.266. The van der Waals surface area contributed by atoms with Crippen molar-refractivity contribution in [2.75, 3.05) is 13.7 Å². The molecule has 5 rings (SSSR count). The number of aromatic nitrogens is 1. The topological polar surface area (TPSA) is 79.1 Å². The van der Waals surface area contributed by atoms with Crippen LogP contribution in [0.1, 0.15) is 43.0 Å². The highest BCUT2D eigenvalue weighted by molar-refractivity contribution is 14.1. The Morgan fingerprint density at radius 3 is 2.50 bits per heavy atom. The van der Waals surface area contributed by atoms with E-state index in [2.05, 4.69) is 22.6 Å². The summed E-state index contributed by atoms with van der Waals surface area (Å²) in [7, 11) is 1.34. The van der Waals surface area contributed by atoms with Gasteiger partial charge in [-0.25, -0.2) is 9.79 Å². The maximum atomic E-state index is 13.9. The van der Waals surface area contributed by atoms with Crippen molar-refractivity contribution in [3.8, 4) is 11.5 Å². The lowest BCUT2D eigenvalue weighted by atomic mass is 9.95. The highest BCUT2D eigenvalue weighted by Crippen LogP contribution is 2.38. The van der Waals surface area contributed by atoms with Gasteiger partial charge in [0.25, 0.3) is 5.56 Å². The SMILES string of the molecule is CCOc1cc(/C=c2\sc3n(c2=O)[C@H](c2ccccc2)C(C(=O)OC)=C(CC)N=3)cc(Cl)c1OCc1ccc(I)cc1. The zero-order valence-electron chi connectivity index (χ0n) is 23.2. The number of thiazole rings is 1. The van der Waals surface area contributed by atoms with Gasteiger partial charge < -0.3 is 14.2 Å². The monoisotopic (exact) mass is 714 g/mol. The lowest BCUT2D eigenvalue weighted by molar-refractivity contribution is -0.136. The molecular weight excluding hydrogens is 687 g/mol. The van der Waals surface area contributed by atoms with Crippen molar-refractivity contribution in [1.29, 1.82) is 0 Å². The average Bonchev–Trinajstić information content (AvgIpc) is 3.30. The standard InChI is InChI=1S/C32H28ClIN2O5S/c1-4-24-27(31(38)39-3)28(21-9-7-6-8-10-21)36-30(37)26(42-32(36)35-24)17-20-15-23(33)29(25(16-20)40-5-2)41-18-19-11-13-22(34)14-12-19/h6-17,28H,4-5,18H2,1-3H3/b26-17-/t28-/m1/s1. The number of ether oxygens (including phenoxy) is 3. The highest BCUT2D eigenvalue weighted by Gasteiger charge is 2.33. The van der Waals surface area contributed by atoms with Crippen LogP contribution in [0.2, 0.25) is 5.02 Å². The summed E-state index contributed by atoms with van der Waals surface area (Å²) >= 11 is 10.2. The van der Waals surface area contributed by atoms with Gasteiger partial charge in [-0.2, -0.15) is 0 Å². The van der Waals surface area contributed by atoms with Crippen molar-refractivity contribution >= 4 is 57.6 Å². The first kappa shape index (κ1) is 30.1. The molecule has 42 heavy (non-hydrogen) atoms. The van der Waals surface area contributed by atoms with E-state index in [1.54, 1.807) is 16.7 Å².